The van der Waals surface area contributed by atoms with Gasteiger partial charge in [0.1, 0.15) is 0 Å². The molecule has 1 aliphatic carbocycles. The Morgan fingerprint density at radius 3 is 2.14 bits per heavy atom. The summed E-state index contributed by atoms with van der Waals surface area (Å²) in [6.07, 6.45) is 3.92. The molecule has 0 saturated heterocycles. The first-order valence-corrected chi connectivity index (χ1v) is 7.28. The number of hydrogen-bond donors (Lipinski definition) is 2. The molecule has 0 aromatic rings. The molecule has 0 atom stereocenters. The summed E-state index contributed by atoms with van der Waals surface area (Å²) in [5.41, 5.74) is 0.269. The fraction of sp³-hybridized carbons (Fsp3) is 0.667. The van der Waals surface area contributed by atoms with Crippen LogP contribution in [0.3, 0.4) is 0 Å². The number of carboxylic acid groups (broad SMARTS) is 2. The van der Waals surface area contributed by atoms with Gasteiger partial charge >= 0.3 is 17.9 Å². The highest BCUT2D eigenvalue weighted by atomic mass is 16.5. The van der Waals surface area contributed by atoms with E-state index in [1.54, 1.807) is 6.92 Å². The van der Waals surface area contributed by atoms with Crippen molar-refractivity contribution in [1.82, 2.24) is 0 Å². The van der Waals surface area contributed by atoms with Crippen molar-refractivity contribution in [3.8, 4) is 0 Å². The first-order valence-electron chi connectivity index (χ1n) is 7.28. The third-order valence-electron chi connectivity index (χ3n) is 3.71. The Morgan fingerprint density at radius 1 is 1.05 bits per heavy atom. The van der Waals surface area contributed by atoms with Gasteiger partial charge in [0.25, 0.3) is 0 Å². The van der Waals surface area contributed by atoms with Crippen LogP contribution in [0.2, 0.25) is 0 Å². The van der Waals surface area contributed by atoms with Crippen LogP contribution in [0.1, 0.15) is 51.9 Å². The fourth-order valence-corrected chi connectivity index (χ4v) is 2.79. The summed E-state index contributed by atoms with van der Waals surface area (Å²) in [5.74, 6) is -3.00. The van der Waals surface area contributed by atoms with Gasteiger partial charge in [-0.25, -0.2) is 4.79 Å². The lowest BCUT2D eigenvalue weighted by Gasteiger charge is -2.25. The van der Waals surface area contributed by atoms with Crippen LogP contribution in [0, 0.1) is 5.92 Å². The van der Waals surface area contributed by atoms with Crippen molar-refractivity contribution in [2.24, 2.45) is 5.92 Å². The fourth-order valence-electron chi connectivity index (χ4n) is 2.79. The Bertz CT molecular complexity index is 431. The van der Waals surface area contributed by atoms with E-state index in [9.17, 15) is 19.5 Å². The van der Waals surface area contributed by atoms with Crippen LogP contribution in [-0.4, -0.2) is 34.7 Å². The molecule has 0 heterocycles. The van der Waals surface area contributed by atoms with Crippen LogP contribution in [-0.2, 0) is 19.1 Å². The van der Waals surface area contributed by atoms with E-state index in [1.165, 1.54) is 0 Å². The molecular formula is C15H22O6. The minimum Gasteiger partial charge on any atom is -0.481 e. The van der Waals surface area contributed by atoms with Gasteiger partial charge in [0.05, 0.1) is 19.4 Å². The zero-order valence-corrected chi connectivity index (χ0v) is 12.3. The maximum absolute atomic E-state index is 11.7. The number of carbonyl (C=O) groups excluding carboxylic acids is 1. The Labute approximate surface area is 123 Å². The maximum Gasteiger partial charge on any atom is 0.332 e. The van der Waals surface area contributed by atoms with E-state index in [0.29, 0.717) is 5.57 Å². The molecule has 0 unspecified atom stereocenters. The standard InChI is InChI=1S/C15H22O6/c1-2-21-14(18)9-11(10-6-4-3-5-7-10)12(15(19)20)8-13(16)17/h10H,2-9H2,1H3,(H,16,17)(H,19,20). The van der Waals surface area contributed by atoms with Crippen molar-refractivity contribution in [2.45, 2.75) is 51.9 Å². The number of esters is 1. The highest BCUT2D eigenvalue weighted by molar-refractivity contribution is 5.94. The number of rotatable bonds is 7. The van der Waals surface area contributed by atoms with E-state index >= 15 is 0 Å². The molecule has 1 fully saturated rings. The second-order valence-corrected chi connectivity index (χ2v) is 5.20. The van der Waals surface area contributed by atoms with Gasteiger partial charge in [-0.3, -0.25) is 9.59 Å². The van der Waals surface area contributed by atoms with E-state index < -0.39 is 24.3 Å². The number of ether oxygens (including phenoxy) is 1. The molecule has 118 valence electrons. The quantitative estimate of drug-likeness (QED) is 0.553. The highest BCUT2D eigenvalue weighted by Crippen LogP contribution is 2.34. The summed E-state index contributed by atoms with van der Waals surface area (Å²) >= 11 is 0. The van der Waals surface area contributed by atoms with E-state index in [4.69, 9.17) is 9.84 Å². The lowest BCUT2D eigenvalue weighted by Crippen LogP contribution is -2.20. The summed E-state index contributed by atoms with van der Waals surface area (Å²) in [4.78, 5) is 34.0. The van der Waals surface area contributed by atoms with Crippen molar-refractivity contribution < 1.29 is 29.3 Å². The van der Waals surface area contributed by atoms with E-state index in [2.05, 4.69) is 0 Å². The summed E-state index contributed by atoms with van der Waals surface area (Å²) in [7, 11) is 0. The van der Waals surface area contributed by atoms with E-state index in [1.807, 2.05) is 0 Å². The molecule has 2 N–H and O–H groups in total. The van der Waals surface area contributed by atoms with Crippen molar-refractivity contribution in [1.29, 1.82) is 0 Å². The Hall–Kier alpha value is -1.85. The summed E-state index contributed by atoms with van der Waals surface area (Å²) < 4.78 is 4.88. The second-order valence-electron chi connectivity index (χ2n) is 5.20. The van der Waals surface area contributed by atoms with E-state index in [0.717, 1.165) is 32.1 Å². The maximum atomic E-state index is 11.7. The van der Waals surface area contributed by atoms with Gasteiger partial charge in [0.15, 0.2) is 0 Å². The largest absolute Gasteiger partial charge is 0.481 e. The lowest BCUT2D eigenvalue weighted by atomic mass is 9.80. The number of carboxylic acids is 2. The number of hydrogen-bond acceptors (Lipinski definition) is 4. The minimum absolute atomic E-state index is 0.0337. The molecule has 0 amide bonds. The third kappa shape index (κ3) is 5.57. The minimum atomic E-state index is -1.26. The average molecular weight is 298 g/mol. The highest BCUT2D eigenvalue weighted by Gasteiger charge is 2.27. The molecular weight excluding hydrogens is 276 g/mol. The topological polar surface area (TPSA) is 101 Å². The Morgan fingerprint density at radius 2 is 1.67 bits per heavy atom. The predicted molar refractivity (Wildman–Crippen MR) is 74.7 cm³/mol. The smallest absolute Gasteiger partial charge is 0.332 e. The molecule has 0 aliphatic heterocycles. The van der Waals surface area contributed by atoms with Crippen molar-refractivity contribution in [2.75, 3.05) is 6.61 Å². The van der Waals surface area contributed by atoms with Gasteiger partial charge in [0.2, 0.25) is 0 Å². The van der Waals surface area contributed by atoms with Crippen molar-refractivity contribution in [3.63, 3.8) is 0 Å². The van der Waals surface area contributed by atoms with Crippen LogP contribution in [0.25, 0.3) is 0 Å². The van der Waals surface area contributed by atoms with Gasteiger partial charge < -0.3 is 14.9 Å². The zero-order chi connectivity index (χ0) is 15.8. The SMILES string of the molecule is CCOC(=O)CC(=C(CC(=O)O)C(=O)O)C1CCCCC1. The van der Waals surface area contributed by atoms with Crippen LogP contribution < -0.4 is 0 Å². The molecule has 1 saturated carbocycles. The first-order chi connectivity index (χ1) is 9.95. The molecule has 0 aromatic carbocycles. The van der Waals surface area contributed by atoms with Gasteiger partial charge in [-0.15, -0.1) is 0 Å². The van der Waals surface area contributed by atoms with Gasteiger partial charge in [0, 0.05) is 5.57 Å². The lowest BCUT2D eigenvalue weighted by molar-refractivity contribution is -0.142. The van der Waals surface area contributed by atoms with Crippen LogP contribution in [0.4, 0.5) is 0 Å². The average Bonchev–Trinajstić information content (AvgIpc) is 2.43. The predicted octanol–water partition coefficient (Wildman–Crippen LogP) is 2.38. The normalized spacial score (nSPS) is 17.0. The van der Waals surface area contributed by atoms with Crippen molar-refractivity contribution >= 4 is 17.9 Å². The summed E-state index contributed by atoms with van der Waals surface area (Å²) in [5, 5.41) is 18.2. The molecule has 1 rings (SSSR count). The van der Waals surface area contributed by atoms with Gasteiger partial charge in [-0.05, 0) is 31.3 Å². The molecule has 6 nitrogen and oxygen atoms in total. The monoisotopic (exact) mass is 298 g/mol. The van der Waals surface area contributed by atoms with Crippen LogP contribution >= 0.6 is 0 Å². The second kappa shape index (κ2) is 8.44. The zero-order valence-electron chi connectivity index (χ0n) is 12.3. The van der Waals surface area contributed by atoms with Gasteiger partial charge in [-0.2, -0.15) is 0 Å². The summed E-state index contributed by atoms with van der Waals surface area (Å²) in [6.45, 7) is 1.90. The van der Waals surface area contributed by atoms with E-state index in [-0.39, 0.29) is 24.5 Å². The number of aliphatic carboxylic acids is 2. The Kier molecular flexibility index (Phi) is 6.91. The Balaban J connectivity index is 3.08. The summed E-state index contributed by atoms with van der Waals surface area (Å²) in [6, 6.07) is 0. The first kappa shape index (κ1) is 17.2. The van der Waals surface area contributed by atoms with Gasteiger partial charge in [-0.1, -0.05) is 19.3 Å². The molecule has 0 radical (unpaired) electrons. The molecule has 0 aromatic heterocycles. The van der Waals surface area contributed by atoms with Crippen LogP contribution in [0.15, 0.2) is 11.1 Å². The van der Waals surface area contributed by atoms with Crippen LogP contribution in [0.5, 0.6) is 0 Å². The van der Waals surface area contributed by atoms with Crippen molar-refractivity contribution in [3.05, 3.63) is 11.1 Å². The molecule has 0 spiro atoms. The molecule has 21 heavy (non-hydrogen) atoms. The number of carbonyl (C=O) groups is 3. The molecule has 0 bridgehead atoms. The third-order valence-corrected chi connectivity index (χ3v) is 3.71. The molecule has 1 aliphatic rings. The molecule has 6 heteroatoms.